The lowest BCUT2D eigenvalue weighted by atomic mass is 9.83. The highest BCUT2D eigenvalue weighted by molar-refractivity contribution is 6.30. The number of imidazole rings is 1. The molecule has 1 aliphatic heterocycles. The number of hydrogen-bond acceptors (Lipinski definition) is 8. The van der Waals surface area contributed by atoms with Crippen LogP contribution in [-0.4, -0.2) is 52.2 Å². The van der Waals surface area contributed by atoms with Gasteiger partial charge in [0.1, 0.15) is 17.7 Å². The molecule has 0 aliphatic carbocycles. The maximum atomic E-state index is 11.8. The van der Waals surface area contributed by atoms with Crippen LogP contribution >= 0.6 is 11.6 Å². The molecular weight excluding hydrogens is 464 g/mol. The number of aliphatic hydroxyl groups is 1. The third kappa shape index (κ3) is 4.32. The Morgan fingerprint density at radius 3 is 2.71 bits per heavy atom. The number of aromatic nitrogens is 2. The standard InChI is InChI=1S/C23H25ClN4O6/c1-23(22(32-2)33-3)21(29)20(17-12-16(28(30)31)7-8-18(17)34-23)27(13-19-25-9-10-26-19)15-6-4-5-14(24)11-15/h4-12,20-22,29H,13H2,1-3H3,(H,25,26)/t20-,21+,23+/m0/s1. The minimum Gasteiger partial charge on any atom is -0.479 e. The first-order valence-electron chi connectivity index (χ1n) is 10.5. The molecule has 0 spiro atoms. The van der Waals surface area contributed by atoms with E-state index < -0.39 is 29.0 Å². The van der Waals surface area contributed by atoms with Crippen molar-refractivity contribution in [1.29, 1.82) is 0 Å². The molecule has 0 fully saturated rings. The number of anilines is 1. The number of fused-ring (bicyclic) bond motifs is 1. The predicted octanol–water partition coefficient (Wildman–Crippen LogP) is 3.85. The van der Waals surface area contributed by atoms with Gasteiger partial charge in [-0.1, -0.05) is 17.7 Å². The second-order valence-electron chi connectivity index (χ2n) is 8.10. The highest BCUT2D eigenvalue weighted by Crippen LogP contribution is 2.47. The van der Waals surface area contributed by atoms with Crippen LogP contribution in [0.25, 0.3) is 0 Å². The Morgan fingerprint density at radius 2 is 2.09 bits per heavy atom. The first kappa shape index (κ1) is 24.0. The van der Waals surface area contributed by atoms with E-state index in [4.69, 9.17) is 25.8 Å². The number of nitro benzene ring substituents is 1. The monoisotopic (exact) mass is 488 g/mol. The second-order valence-corrected chi connectivity index (χ2v) is 8.54. The van der Waals surface area contributed by atoms with E-state index in [1.165, 1.54) is 32.4 Å². The summed E-state index contributed by atoms with van der Waals surface area (Å²) in [6, 6.07) is 10.6. The summed E-state index contributed by atoms with van der Waals surface area (Å²) in [7, 11) is 2.90. The Balaban J connectivity index is 1.93. The number of methoxy groups -OCH3 is 2. The van der Waals surface area contributed by atoms with Crippen molar-refractivity contribution in [3.05, 3.63) is 81.4 Å². The predicted molar refractivity (Wildman–Crippen MR) is 125 cm³/mol. The van der Waals surface area contributed by atoms with E-state index in [9.17, 15) is 15.2 Å². The van der Waals surface area contributed by atoms with Gasteiger partial charge in [-0.2, -0.15) is 0 Å². The third-order valence-electron chi connectivity index (χ3n) is 5.99. The van der Waals surface area contributed by atoms with E-state index in [1.807, 2.05) is 11.0 Å². The maximum absolute atomic E-state index is 11.8. The van der Waals surface area contributed by atoms with Gasteiger partial charge in [0.15, 0.2) is 11.9 Å². The number of ether oxygens (including phenoxy) is 3. The van der Waals surface area contributed by atoms with Crippen molar-refractivity contribution < 1.29 is 24.2 Å². The molecule has 4 rings (SSSR count). The topological polar surface area (TPSA) is 123 Å². The Hall–Kier alpha value is -3.18. The molecule has 1 aliphatic rings. The van der Waals surface area contributed by atoms with E-state index in [1.54, 1.807) is 37.5 Å². The molecule has 34 heavy (non-hydrogen) atoms. The quantitative estimate of drug-likeness (QED) is 0.278. The average molecular weight is 489 g/mol. The first-order chi connectivity index (χ1) is 16.3. The smallest absolute Gasteiger partial charge is 0.270 e. The SMILES string of the molecule is COC(OC)[C@]1(C)Oc2ccc([N+](=O)[O-])cc2[C@H](N(Cc2ncc[nH]2)c2cccc(Cl)c2)[C@H]1O. The van der Waals surface area contributed by atoms with Crippen LogP contribution in [0.4, 0.5) is 11.4 Å². The van der Waals surface area contributed by atoms with Gasteiger partial charge in [-0.05, 0) is 31.2 Å². The van der Waals surface area contributed by atoms with Gasteiger partial charge in [0.25, 0.3) is 5.69 Å². The van der Waals surface area contributed by atoms with E-state index in [0.29, 0.717) is 27.8 Å². The van der Waals surface area contributed by atoms with Crippen LogP contribution in [0.1, 0.15) is 24.4 Å². The number of rotatable bonds is 8. The van der Waals surface area contributed by atoms with E-state index in [0.717, 1.165) is 0 Å². The number of halogens is 1. The Kier molecular flexibility index (Phi) is 6.76. The highest BCUT2D eigenvalue weighted by atomic mass is 35.5. The molecule has 0 amide bonds. The van der Waals surface area contributed by atoms with Crippen molar-refractivity contribution >= 4 is 23.0 Å². The summed E-state index contributed by atoms with van der Waals surface area (Å²) in [5.74, 6) is 0.997. The molecule has 2 heterocycles. The Bertz CT molecular complexity index is 1160. The maximum Gasteiger partial charge on any atom is 0.270 e. The highest BCUT2D eigenvalue weighted by Gasteiger charge is 2.54. The van der Waals surface area contributed by atoms with Gasteiger partial charge < -0.3 is 29.2 Å². The van der Waals surface area contributed by atoms with Crippen LogP contribution in [0, 0.1) is 10.1 Å². The zero-order chi connectivity index (χ0) is 24.5. The number of nitrogens with one attached hydrogen (secondary N) is 1. The molecular formula is C23H25ClN4O6. The lowest BCUT2D eigenvalue weighted by Crippen LogP contribution is -2.62. The molecule has 10 nitrogen and oxygen atoms in total. The summed E-state index contributed by atoms with van der Waals surface area (Å²) in [6.45, 7) is 1.92. The molecule has 11 heteroatoms. The second kappa shape index (κ2) is 9.59. The Morgan fingerprint density at radius 1 is 1.32 bits per heavy atom. The fourth-order valence-corrected chi connectivity index (χ4v) is 4.58. The minimum absolute atomic E-state index is 0.123. The zero-order valence-electron chi connectivity index (χ0n) is 18.8. The summed E-state index contributed by atoms with van der Waals surface area (Å²) in [5.41, 5.74) is -0.350. The van der Waals surface area contributed by atoms with Crippen LogP contribution in [0.3, 0.4) is 0 Å². The number of benzene rings is 2. The molecule has 0 unspecified atom stereocenters. The number of nitro groups is 1. The first-order valence-corrected chi connectivity index (χ1v) is 10.9. The summed E-state index contributed by atoms with van der Waals surface area (Å²) in [5, 5.41) is 23.8. The van der Waals surface area contributed by atoms with Crippen LogP contribution in [-0.2, 0) is 16.0 Å². The van der Waals surface area contributed by atoms with Crippen LogP contribution in [0.5, 0.6) is 5.75 Å². The van der Waals surface area contributed by atoms with E-state index >= 15 is 0 Å². The molecule has 180 valence electrons. The van der Waals surface area contributed by atoms with Crippen molar-refractivity contribution in [3.63, 3.8) is 0 Å². The zero-order valence-corrected chi connectivity index (χ0v) is 19.6. The minimum atomic E-state index is -1.35. The van der Waals surface area contributed by atoms with Crippen LogP contribution < -0.4 is 9.64 Å². The molecule has 0 saturated heterocycles. The van der Waals surface area contributed by atoms with Gasteiger partial charge in [0.05, 0.1) is 17.5 Å². The van der Waals surface area contributed by atoms with Crippen molar-refractivity contribution in [3.8, 4) is 5.75 Å². The Labute approximate surface area is 201 Å². The summed E-state index contributed by atoms with van der Waals surface area (Å²) < 4.78 is 17.1. The summed E-state index contributed by atoms with van der Waals surface area (Å²) in [4.78, 5) is 20.3. The van der Waals surface area contributed by atoms with Crippen LogP contribution in [0.2, 0.25) is 5.02 Å². The lowest BCUT2D eigenvalue weighted by molar-refractivity contribution is -0.385. The van der Waals surface area contributed by atoms with Gasteiger partial charge in [-0.3, -0.25) is 10.1 Å². The lowest BCUT2D eigenvalue weighted by Gasteiger charge is -2.49. The van der Waals surface area contributed by atoms with Crippen molar-refractivity contribution in [2.45, 2.75) is 37.5 Å². The molecule has 0 saturated carbocycles. The van der Waals surface area contributed by atoms with Crippen molar-refractivity contribution in [2.75, 3.05) is 19.1 Å². The molecule has 0 bridgehead atoms. The van der Waals surface area contributed by atoms with Crippen molar-refractivity contribution in [1.82, 2.24) is 9.97 Å². The average Bonchev–Trinajstić information content (AvgIpc) is 3.32. The third-order valence-corrected chi connectivity index (χ3v) is 6.22. The molecule has 1 aromatic heterocycles. The number of aliphatic hydroxyl groups excluding tert-OH is 1. The number of nitrogens with zero attached hydrogens (tertiary/aromatic N) is 3. The van der Waals surface area contributed by atoms with Gasteiger partial charge in [-0.15, -0.1) is 0 Å². The van der Waals surface area contributed by atoms with E-state index in [-0.39, 0.29) is 12.2 Å². The summed E-state index contributed by atoms with van der Waals surface area (Å²) >= 11 is 6.30. The van der Waals surface area contributed by atoms with Crippen molar-refractivity contribution in [2.24, 2.45) is 0 Å². The van der Waals surface area contributed by atoms with Gasteiger partial charge in [-0.25, -0.2) is 4.98 Å². The fraction of sp³-hybridized carbons (Fsp3) is 0.348. The molecule has 2 aromatic carbocycles. The number of hydrogen-bond donors (Lipinski definition) is 2. The largest absolute Gasteiger partial charge is 0.479 e. The van der Waals surface area contributed by atoms with Gasteiger partial charge >= 0.3 is 0 Å². The molecule has 3 atom stereocenters. The molecule has 3 aromatic rings. The molecule has 0 radical (unpaired) electrons. The summed E-state index contributed by atoms with van der Waals surface area (Å²) in [6.07, 6.45) is 1.15. The van der Waals surface area contributed by atoms with Crippen LogP contribution in [0.15, 0.2) is 54.9 Å². The van der Waals surface area contributed by atoms with E-state index in [2.05, 4.69) is 9.97 Å². The number of aromatic amines is 1. The number of non-ortho nitro benzene ring substituents is 1. The fourth-order valence-electron chi connectivity index (χ4n) is 4.40. The normalized spacial score (nSPS) is 21.7. The number of H-pyrrole nitrogens is 1. The molecule has 2 N–H and O–H groups in total. The van der Waals surface area contributed by atoms with Gasteiger partial charge in [0, 0.05) is 55.0 Å². The van der Waals surface area contributed by atoms with Gasteiger partial charge in [0.2, 0.25) is 0 Å².